The van der Waals surface area contributed by atoms with Crippen molar-refractivity contribution in [1.82, 2.24) is 10.2 Å². The molecule has 1 heterocycles. The van der Waals surface area contributed by atoms with E-state index in [0.717, 1.165) is 25.7 Å². The zero-order valence-corrected chi connectivity index (χ0v) is 17.1. The van der Waals surface area contributed by atoms with Gasteiger partial charge in [-0.3, -0.25) is 4.21 Å². The van der Waals surface area contributed by atoms with Gasteiger partial charge in [-0.25, -0.2) is 9.00 Å². The predicted octanol–water partition coefficient (Wildman–Crippen LogP) is 3.81. The van der Waals surface area contributed by atoms with Gasteiger partial charge in [-0.1, -0.05) is 33.1 Å². The number of carbonyl (C=O) groups is 1. The largest absolute Gasteiger partial charge is 0.478 e. The topological polar surface area (TPSA) is 97.2 Å². The number of carboxylic acid groups (broad SMARTS) is 1. The average molecular weight is 409 g/mol. The molecule has 0 saturated heterocycles. The van der Waals surface area contributed by atoms with Crippen molar-refractivity contribution in [3.63, 3.8) is 0 Å². The minimum absolute atomic E-state index is 0.128. The molecule has 0 radical (unpaired) electrons. The summed E-state index contributed by atoms with van der Waals surface area (Å²) in [5, 5.41) is 17.7. The fraction of sp³-hybridized carbons (Fsp3) is 0.421. The second-order valence-electron chi connectivity index (χ2n) is 5.87. The van der Waals surface area contributed by atoms with E-state index < -0.39 is 27.6 Å². The second-order valence-corrected chi connectivity index (χ2v) is 8.97. The average Bonchev–Trinajstić information content (AvgIpc) is 2.75. The van der Waals surface area contributed by atoms with Crippen LogP contribution in [0.2, 0.25) is 0 Å². The molecule has 1 aromatic heterocycles. The molecule has 146 valence electrons. The first-order chi connectivity index (χ1) is 13.1. The lowest BCUT2D eigenvalue weighted by Gasteiger charge is -2.20. The predicted molar refractivity (Wildman–Crippen MR) is 105 cm³/mol. The fourth-order valence-corrected chi connectivity index (χ4v) is 5.16. The summed E-state index contributed by atoms with van der Waals surface area (Å²) >= 11 is 0. The van der Waals surface area contributed by atoms with Gasteiger partial charge in [-0.05, 0) is 49.2 Å². The van der Waals surface area contributed by atoms with Gasteiger partial charge in [0.25, 0.3) is 0 Å². The number of nitrogens with zero attached hydrogens (tertiary/aromatic N) is 2. The maximum atomic E-state index is 12.5. The zero-order valence-electron chi connectivity index (χ0n) is 15.5. The molecule has 3 rings (SSSR count). The van der Waals surface area contributed by atoms with E-state index in [-0.39, 0.29) is 15.8 Å². The molecule has 8 heteroatoms. The highest BCUT2D eigenvalue weighted by molar-refractivity contribution is 7.85. The molecule has 2 unspecified atom stereocenters. The van der Waals surface area contributed by atoms with Gasteiger partial charge in [-0.15, -0.1) is 10.2 Å². The van der Waals surface area contributed by atoms with Crippen LogP contribution in [-0.4, -0.2) is 34.9 Å². The molecule has 2 aromatic rings. The van der Waals surface area contributed by atoms with Crippen molar-refractivity contribution in [2.24, 2.45) is 0 Å². The smallest absolute Gasteiger partial charge is 0.335 e. The summed E-state index contributed by atoms with van der Waals surface area (Å²) in [6.45, 7) is 4.00. The molecule has 1 aliphatic rings. The van der Waals surface area contributed by atoms with E-state index in [1.807, 2.05) is 13.8 Å². The molecule has 2 atom stereocenters. The van der Waals surface area contributed by atoms with Crippen molar-refractivity contribution >= 4 is 27.6 Å². The van der Waals surface area contributed by atoms with Crippen LogP contribution in [0.1, 0.15) is 56.3 Å². The van der Waals surface area contributed by atoms with E-state index in [0.29, 0.717) is 9.92 Å². The van der Waals surface area contributed by atoms with Crippen LogP contribution < -0.4 is 0 Å². The van der Waals surface area contributed by atoms with Crippen molar-refractivity contribution in [1.29, 1.82) is 0 Å². The van der Waals surface area contributed by atoms with E-state index in [1.165, 1.54) is 30.7 Å². The summed E-state index contributed by atoms with van der Waals surface area (Å²) in [6, 6.07) is 8.98. The van der Waals surface area contributed by atoms with Gasteiger partial charge in [0.15, 0.2) is 5.03 Å². The number of benzene rings is 1. The molecule has 0 aliphatic heterocycles. The van der Waals surface area contributed by atoms with Gasteiger partial charge in [0, 0.05) is 10.1 Å². The van der Waals surface area contributed by atoms with Crippen molar-refractivity contribution in [2.45, 2.75) is 66.1 Å². The minimum Gasteiger partial charge on any atom is -0.478 e. The first-order valence-electron chi connectivity index (χ1n) is 9.05. The number of hydrogen-bond donors (Lipinski definition) is 1. The van der Waals surface area contributed by atoms with Crippen molar-refractivity contribution in [3.8, 4) is 0 Å². The molecule has 1 saturated carbocycles. The Balaban J connectivity index is 0.00000126. The lowest BCUT2D eigenvalue weighted by atomic mass is 10.0. The number of rotatable bonds is 5. The highest BCUT2D eigenvalue weighted by Crippen LogP contribution is 2.25. The van der Waals surface area contributed by atoms with E-state index in [4.69, 9.17) is 5.11 Å². The molecule has 0 amide bonds. The molecule has 6 nitrogen and oxygen atoms in total. The third kappa shape index (κ3) is 5.52. The maximum absolute atomic E-state index is 12.5. The van der Waals surface area contributed by atoms with E-state index >= 15 is 0 Å². The Hall–Kier alpha value is -1.93. The van der Waals surface area contributed by atoms with Crippen molar-refractivity contribution in [3.05, 3.63) is 42.0 Å². The summed E-state index contributed by atoms with van der Waals surface area (Å²) in [4.78, 5) is 11.3. The van der Waals surface area contributed by atoms with Crippen LogP contribution in [0.5, 0.6) is 0 Å². The van der Waals surface area contributed by atoms with Crippen LogP contribution in [0, 0.1) is 0 Å². The monoisotopic (exact) mass is 408 g/mol. The number of hydrogen-bond acceptors (Lipinski definition) is 5. The van der Waals surface area contributed by atoms with Gasteiger partial charge < -0.3 is 5.11 Å². The molecule has 1 N–H and O–H groups in total. The number of aromatic nitrogens is 2. The van der Waals surface area contributed by atoms with Gasteiger partial charge in [0.2, 0.25) is 0 Å². The third-order valence-corrected chi connectivity index (χ3v) is 7.19. The van der Waals surface area contributed by atoms with Gasteiger partial charge >= 0.3 is 5.97 Å². The van der Waals surface area contributed by atoms with Crippen LogP contribution >= 0.6 is 0 Å². The number of aromatic carboxylic acids is 1. The minimum atomic E-state index is -1.56. The quantitative estimate of drug-likeness (QED) is 0.808. The highest BCUT2D eigenvalue weighted by Gasteiger charge is 2.22. The van der Waals surface area contributed by atoms with Gasteiger partial charge in [0.1, 0.15) is 15.8 Å². The molecular formula is C19H24N2O4S2. The maximum Gasteiger partial charge on any atom is 0.335 e. The van der Waals surface area contributed by atoms with Crippen LogP contribution in [0.4, 0.5) is 0 Å². The Kier molecular flexibility index (Phi) is 8.24. The van der Waals surface area contributed by atoms with Gasteiger partial charge in [0.05, 0.1) is 16.4 Å². The Morgan fingerprint density at radius 1 is 0.926 bits per heavy atom. The standard InChI is InChI=1S/C17H18N2O4S2.C2H6/c20-17(21)12-6-8-14(9-7-12)25(23)16-11-10-15(18-19-16)24(22)13-4-2-1-3-5-13;1-2/h6-11,13H,1-5H2,(H,20,21);1-2H3. The molecule has 1 aliphatic carbocycles. The van der Waals surface area contributed by atoms with Crippen LogP contribution in [-0.2, 0) is 21.6 Å². The highest BCUT2D eigenvalue weighted by atomic mass is 32.2. The zero-order chi connectivity index (χ0) is 19.8. The summed E-state index contributed by atoms with van der Waals surface area (Å²) in [5.41, 5.74) is 0.130. The molecule has 27 heavy (non-hydrogen) atoms. The Bertz CT molecular complexity index is 801. The molecule has 0 bridgehead atoms. The van der Waals surface area contributed by atoms with Crippen molar-refractivity contribution < 1.29 is 18.3 Å². The summed E-state index contributed by atoms with van der Waals surface area (Å²) < 4.78 is 25.0. The lowest BCUT2D eigenvalue weighted by molar-refractivity contribution is 0.0697. The molecule has 1 aromatic carbocycles. The summed E-state index contributed by atoms with van der Waals surface area (Å²) in [5.74, 6) is -1.04. The lowest BCUT2D eigenvalue weighted by Crippen LogP contribution is -2.19. The van der Waals surface area contributed by atoms with Crippen LogP contribution in [0.3, 0.4) is 0 Å². The van der Waals surface area contributed by atoms with E-state index in [1.54, 1.807) is 12.1 Å². The Morgan fingerprint density at radius 2 is 1.48 bits per heavy atom. The molecule has 1 fully saturated rings. The molecular weight excluding hydrogens is 384 g/mol. The van der Waals surface area contributed by atoms with Crippen LogP contribution in [0.15, 0.2) is 51.3 Å². The Labute approximate surface area is 164 Å². The molecule has 0 spiro atoms. The Morgan fingerprint density at radius 3 is 2.00 bits per heavy atom. The van der Waals surface area contributed by atoms with Gasteiger partial charge in [-0.2, -0.15) is 0 Å². The normalized spacial score (nSPS) is 16.7. The van der Waals surface area contributed by atoms with Crippen LogP contribution in [0.25, 0.3) is 0 Å². The SMILES string of the molecule is CC.O=C(O)c1ccc(S(=O)c2ccc(S(=O)C3CCCCC3)nn2)cc1. The first kappa shape index (κ1) is 21.4. The summed E-state index contributed by atoms with van der Waals surface area (Å²) in [6.07, 6.45) is 5.27. The first-order valence-corrected chi connectivity index (χ1v) is 11.4. The van der Waals surface area contributed by atoms with E-state index in [9.17, 15) is 13.2 Å². The van der Waals surface area contributed by atoms with Crippen molar-refractivity contribution in [2.75, 3.05) is 0 Å². The van der Waals surface area contributed by atoms with E-state index in [2.05, 4.69) is 10.2 Å². The summed E-state index contributed by atoms with van der Waals surface area (Å²) in [7, 11) is -2.74. The number of carboxylic acids is 1. The second kappa shape index (κ2) is 10.4. The third-order valence-electron chi connectivity index (χ3n) is 4.18. The fourth-order valence-electron chi connectivity index (χ4n) is 2.81.